The van der Waals surface area contributed by atoms with Crippen molar-refractivity contribution in [1.29, 1.82) is 0 Å². The summed E-state index contributed by atoms with van der Waals surface area (Å²) in [5, 5.41) is 0. The summed E-state index contributed by atoms with van der Waals surface area (Å²) >= 11 is 0. The minimum absolute atomic E-state index is 0.716. The van der Waals surface area contributed by atoms with Crippen molar-refractivity contribution in [3.63, 3.8) is 0 Å². The molecule has 0 atom stereocenters. The van der Waals surface area contributed by atoms with Gasteiger partial charge in [0, 0.05) is 19.0 Å². The van der Waals surface area contributed by atoms with Gasteiger partial charge in [-0.15, -0.1) is 0 Å². The number of nitrogens with two attached hydrogens (primary N) is 1. The molecule has 0 unspecified atom stereocenters. The van der Waals surface area contributed by atoms with E-state index >= 15 is 0 Å². The summed E-state index contributed by atoms with van der Waals surface area (Å²) in [6.45, 7) is 0. The Balaban J connectivity index is 2.42. The van der Waals surface area contributed by atoms with E-state index < -0.39 is 0 Å². The van der Waals surface area contributed by atoms with Crippen molar-refractivity contribution in [2.24, 2.45) is 16.6 Å². The third-order valence-corrected chi connectivity index (χ3v) is 2.11. The predicted octanol–water partition coefficient (Wildman–Crippen LogP) is 1.72. The standard InChI is InChI=1S/C9H16N2/c1-11-7-9(10)6-8-4-2-3-5-8/h6-8H,2-5,10H2,1H3/b9-6+,11-7?. The quantitative estimate of drug-likeness (QED) is 0.601. The van der Waals surface area contributed by atoms with E-state index in [1.54, 1.807) is 13.3 Å². The first kappa shape index (κ1) is 8.31. The molecule has 2 N–H and O–H groups in total. The van der Waals surface area contributed by atoms with Gasteiger partial charge in [0.2, 0.25) is 0 Å². The highest BCUT2D eigenvalue weighted by Gasteiger charge is 2.11. The first-order valence-corrected chi connectivity index (χ1v) is 4.22. The molecule has 1 fully saturated rings. The van der Waals surface area contributed by atoms with Gasteiger partial charge in [-0.2, -0.15) is 0 Å². The summed E-state index contributed by atoms with van der Waals surface area (Å²) in [7, 11) is 1.75. The second-order valence-electron chi connectivity index (χ2n) is 3.10. The average molecular weight is 152 g/mol. The second kappa shape index (κ2) is 4.16. The van der Waals surface area contributed by atoms with Crippen molar-refractivity contribution >= 4 is 6.21 Å². The normalized spacial score (nSPS) is 21.7. The molecule has 1 rings (SSSR count). The Morgan fingerprint density at radius 2 is 2.09 bits per heavy atom. The number of hydrogen-bond donors (Lipinski definition) is 1. The van der Waals surface area contributed by atoms with Crippen LogP contribution in [0, 0.1) is 5.92 Å². The molecule has 0 radical (unpaired) electrons. The molecule has 1 aliphatic rings. The van der Waals surface area contributed by atoms with E-state index in [1.807, 2.05) is 0 Å². The molecule has 0 amide bonds. The Morgan fingerprint density at radius 3 is 2.64 bits per heavy atom. The van der Waals surface area contributed by atoms with Gasteiger partial charge in [0.05, 0.1) is 0 Å². The molecule has 0 bridgehead atoms. The van der Waals surface area contributed by atoms with E-state index in [9.17, 15) is 0 Å². The first-order valence-electron chi connectivity index (χ1n) is 4.22. The fourth-order valence-electron chi connectivity index (χ4n) is 1.59. The summed E-state index contributed by atoms with van der Waals surface area (Å²) in [5.74, 6) is 0.716. The van der Waals surface area contributed by atoms with Gasteiger partial charge in [-0.1, -0.05) is 18.9 Å². The number of nitrogens with zero attached hydrogens (tertiary/aromatic N) is 1. The smallest absolute Gasteiger partial charge is 0.0457 e. The van der Waals surface area contributed by atoms with Crippen LogP contribution in [-0.2, 0) is 0 Å². The number of allylic oxidation sites excluding steroid dienone is 2. The van der Waals surface area contributed by atoms with Crippen LogP contribution >= 0.6 is 0 Å². The second-order valence-corrected chi connectivity index (χ2v) is 3.10. The Bertz CT molecular complexity index is 164. The number of hydrogen-bond acceptors (Lipinski definition) is 2. The maximum atomic E-state index is 5.68. The lowest BCUT2D eigenvalue weighted by molar-refractivity contribution is 0.682. The van der Waals surface area contributed by atoms with Crippen molar-refractivity contribution in [2.45, 2.75) is 25.7 Å². The Labute approximate surface area is 68.2 Å². The van der Waals surface area contributed by atoms with Gasteiger partial charge in [-0.05, 0) is 18.8 Å². The lowest BCUT2D eigenvalue weighted by atomic mass is 10.1. The molecule has 1 aliphatic carbocycles. The lowest BCUT2D eigenvalue weighted by Crippen LogP contribution is -2.01. The zero-order chi connectivity index (χ0) is 8.10. The maximum Gasteiger partial charge on any atom is 0.0457 e. The molecule has 2 heteroatoms. The van der Waals surface area contributed by atoms with Gasteiger partial charge < -0.3 is 5.73 Å². The Morgan fingerprint density at radius 1 is 1.45 bits per heavy atom. The lowest BCUT2D eigenvalue weighted by Gasteiger charge is -2.00. The summed E-state index contributed by atoms with van der Waals surface area (Å²) in [5.41, 5.74) is 6.49. The van der Waals surface area contributed by atoms with E-state index in [4.69, 9.17) is 5.73 Å². The van der Waals surface area contributed by atoms with Crippen LogP contribution in [0.1, 0.15) is 25.7 Å². The molecule has 0 saturated heterocycles. The Hall–Kier alpha value is -0.790. The fraction of sp³-hybridized carbons (Fsp3) is 0.667. The average Bonchev–Trinajstić information content (AvgIpc) is 2.40. The van der Waals surface area contributed by atoms with Gasteiger partial charge in [0.1, 0.15) is 0 Å². The van der Waals surface area contributed by atoms with E-state index in [2.05, 4.69) is 11.1 Å². The van der Waals surface area contributed by atoms with Crippen LogP contribution in [0.25, 0.3) is 0 Å². The molecule has 0 aromatic carbocycles. The van der Waals surface area contributed by atoms with E-state index in [-0.39, 0.29) is 0 Å². The SMILES string of the molecule is CN=C/C(N)=C\C1CCCC1. The largest absolute Gasteiger partial charge is 0.398 e. The first-order chi connectivity index (χ1) is 5.33. The van der Waals surface area contributed by atoms with Crippen molar-refractivity contribution in [3.8, 4) is 0 Å². The van der Waals surface area contributed by atoms with Crippen molar-refractivity contribution in [2.75, 3.05) is 7.05 Å². The molecule has 1 saturated carbocycles. The number of aliphatic imine (C=N–C) groups is 1. The van der Waals surface area contributed by atoms with Crippen LogP contribution in [0.4, 0.5) is 0 Å². The van der Waals surface area contributed by atoms with Crippen molar-refractivity contribution < 1.29 is 0 Å². The maximum absolute atomic E-state index is 5.68. The van der Waals surface area contributed by atoms with Crippen LogP contribution in [0.15, 0.2) is 16.8 Å². The topological polar surface area (TPSA) is 38.4 Å². The van der Waals surface area contributed by atoms with E-state index in [0.29, 0.717) is 5.92 Å². The highest BCUT2D eigenvalue weighted by atomic mass is 14.7. The van der Waals surface area contributed by atoms with Gasteiger partial charge in [0.25, 0.3) is 0 Å². The molecule has 2 nitrogen and oxygen atoms in total. The summed E-state index contributed by atoms with van der Waals surface area (Å²) < 4.78 is 0. The predicted molar refractivity (Wildman–Crippen MR) is 48.6 cm³/mol. The molecule has 0 aliphatic heterocycles. The molecule has 62 valence electrons. The van der Waals surface area contributed by atoms with Gasteiger partial charge in [-0.25, -0.2) is 0 Å². The molecular weight excluding hydrogens is 136 g/mol. The van der Waals surface area contributed by atoms with Crippen molar-refractivity contribution in [1.82, 2.24) is 0 Å². The molecule has 0 aromatic rings. The zero-order valence-corrected chi connectivity index (χ0v) is 7.09. The third kappa shape index (κ3) is 2.74. The monoisotopic (exact) mass is 152 g/mol. The van der Waals surface area contributed by atoms with E-state index in [0.717, 1.165) is 5.70 Å². The van der Waals surface area contributed by atoms with Crippen LogP contribution < -0.4 is 5.73 Å². The van der Waals surface area contributed by atoms with E-state index in [1.165, 1.54) is 25.7 Å². The van der Waals surface area contributed by atoms with Crippen LogP contribution in [0.2, 0.25) is 0 Å². The fourth-order valence-corrected chi connectivity index (χ4v) is 1.59. The number of rotatable bonds is 2. The molecular formula is C9H16N2. The van der Waals surface area contributed by atoms with Crippen LogP contribution in [-0.4, -0.2) is 13.3 Å². The molecule has 0 heterocycles. The minimum atomic E-state index is 0.716. The molecule has 0 spiro atoms. The minimum Gasteiger partial charge on any atom is -0.398 e. The third-order valence-electron chi connectivity index (χ3n) is 2.11. The van der Waals surface area contributed by atoms with Gasteiger partial charge >= 0.3 is 0 Å². The van der Waals surface area contributed by atoms with Crippen molar-refractivity contribution in [3.05, 3.63) is 11.8 Å². The highest BCUT2D eigenvalue weighted by Crippen LogP contribution is 2.25. The zero-order valence-electron chi connectivity index (χ0n) is 7.09. The summed E-state index contributed by atoms with van der Waals surface area (Å²) in [4.78, 5) is 3.86. The summed E-state index contributed by atoms with van der Waals surface area (Å²) in [6.07, 6.45) is 9.18. The summed E-state index contributed by atoms with van der Waals surface area (Å²) in [6, 6.07) is 0. The molecule has 11 heavy (non-hydrogen) atoms. The van der Waals surface area contributed by atoms with Crippen LogP contribution in [0.3, 0.4) is 0 Å². The van der Waals surface area contributed by atoms with Gasteiger partial charge in [-0.3, -0.25) is 4.99 Å². The molecule has 0 aromatic heterocycles. The highest BCUT2D eigenvalue weighted by molar-refractivity contribution is 5.76. The van der Waals surface area contributed by atoms with Gasteiger partial charge in [0.15, 0.2) is 0 Å². The van der Waals surface area contributed by atoms with Crippen LogP contribution in [0.5, 0.6) is 0 Å². The Kier molecular flexibility index (Phi) is 3.14.